The van der Waals surface area contributed by atoms with Crippen molar-refractivity contribution in [1.82, 2.24) is 10.6 Å². The second-order valence-electron chi connectivity index (χ2n) is 4.79. The molecule has 0 aliphatic carbocycles. The van der Waals surface area contributed by atoms with Crippen LogP contribution in [0.15, 0.2) is 18.2 Å². The highest BCUT2D eigenvalue weighted by molar-refractivity contribution is 6.30. The lowest BCUT2D eigenvalue weighted by molar-refractivity contribution is 0.0561. The van der Waals surface area contributed by atoms with E-state index in [0.29, 0.717) is 23.6 Å². The quantitative estimate of drug-likeness (QED) is 0.769. The van der Waals surface area contributed by atoms with E-state index in [-0.39, 0.29) is 12.5 Å². The van der Waals surface area contributed by atoms with Crippen LogP contribution in [-0.4, -0.2) is 36.2 Å². The zero-order chi connectivity index (χ0) is 13.2. The maximum atomic E-state index is 12.0. The van der Waals surface area contributed by atoms with Crippen LogP contribution in [0.25, 0.3) is 0 Å². The molecule has 1 atom stereocenters. The van der Waals surface area contributed by atoms with Crippen molar-refractivity contribution in [2.45, 2.75) is 18.9 Å². The van der Waals surface area contributed by atoms with Gasteiger partial charge in [0.2, 0.25) is 0 Å². The lowest BCUT2D eigenvalue weighted by Crippen LogP contribution is -2.44. The fourth-order valence-electron chi connectivity index (χ4n) is 2.10. The van der Waals surface area contributed by atoms with E-state index >= 15 is 0 Å². The molecule has 0 radical (unpaired) electrons. The number of aliphatic hydroxyl groups is 1. The van der Waals surface area contributed by atoms with Gasteiger partial charge < -0.3 is 15.7 Å². The van der Waals surface area contributed by atoms with Crippen molar-refractivity contribution in [1.29, 1.82) is 0 Å². The van der Waals surface area contributed by atoms with E-state index in [1.54, 1.807) is 18.2 Å². The Hall–Kier alpha value is -1.10. The molecule has 1 heterocycles. The Morgan fingerprint density at radius 1 is 1.61 bits per heavy atom. The number of hydrogen-bond acceptors (Lipinski definition) is 3. The van der Waals surface area contributed by atoms with Crippen LogP contribution < -0.4 is 10.6 Å². The highest BCUT2D eigenvalue weighted by atomic mass is 35.5. The summed E-state index contributed by atoms with van der Waals surface area (Å²) >= 11 is 5.84. The molecule has 0 saturated carbocycles. The fourth-order valence-corrected chi connectivity index (χ4v) is 2.33. The highest BCUT2D eigenvalue weighted by Crippen LogP contribution is 2.16. The summed E-state index contributed by atoms with van der Waals surface area (Å²) in [5.74, 6) is -0.176. The highest BCUT2D eigenvalue weighted by Gasteiger charge is 2.31. The predicted molar refractivity (Wildman–Crippen MR) is 71.0 cm³/mol. The Kier molecular flexibility index (Phi) is 3.90. The van der Waals surface area contributed by atoms with Crippen LogP contribution in [0.4, 0.5) is 0 Å². The van der Waals surface area contributed by atoms with Crippen LogP contribution >= 0.6 is 11.6 Å². The Balaban J connectivity index is 1.99. The Labute approximate surface area is 111 Å². The molecule has 5 heteroatoms. The monoisotopic (exact) mass is 268 g/mol. The lowest BCUT2D eigenvalue weighted by Gasteiger charge is -2.21. The van der Waals surface area contributed by atoms with Crippen LogP contribution in [0.1, 0.15) is 22.3 Å². The van der Waals surface area contributed by atoms with Crippen molar-refractivity contribution in [3.05, 3.63) is 34.3 Å². The first-order valence-electron chi connectivity index (χ1n) is 5.98. The van der Waals surface area contributed by atoms with Gasteiger partial charge in [-0.3, -0.25) is 4.79 Å². The van der Waals surface area contributed by atoms with E-state index in [4.69, 9.17) is 11.6 Å². The Bertz CT molecular complexity index is 456. The van der Waals surface area contributed by atoms with Gasteiger partial charge in [0.25, 0.3) is 5.91 Å². The maximum absolute atomic E-state index is 12.0. The zero-order valence-electron chi connectivity index (χ0n) is 10.3. The summed E-state index contributed by atoms with van der Waals surface area (Å²) in [6.45, 7) is 3.41. The van der Waals surface area contributed by atoms with Gasteiger partial charge in [0, 0.05) is 23.7 Å². The summed E-state index contributed by atoms with van der Waals surface area (Å²) in [4.78, 5) is 12.0. The molecule has 1 amide bonds. The predicted octanol–water partition coefficient (Wildman–Crippen LogP) is 1.10. The van der Waals surface area contributed by atoms with E-state index < -0.39 is 5.60 Å². The molecule has 1 saturated heterocycles. The minimum absolute atomic E-state index is 0.176. The molecule has 1 aliphatic heterocycles. The number of halogens is 1. The second kappa shape index (κ2) is 5.26. The Morgan fingerprint density at radius 2 is 2.39 bits per heavy atom. The van der Waals surface area contributed by atoms with Gasteiger partial charge in [-0.1, -0.05) is 11.6 Å². The van der Waals surface area contributed by atoms with Crippen LogP contribution in [0.3, 0.4) is 0 Å². The van der Waals surface area contributed by atoms with Gasteiger partial charge in [-0.05, 0) is 43.7 Å². The van der Waals surface area contributed by atoms with Crippen molar-refractivity contribution in [2.24, 2.45) is 0 Å². The standard InChI is InChI=1S/C13H17ClN2O2/c1-9-6-10(14)2-3-11(9)12(17)16-8-13(18)4-5-15-7-13/h2-3,6,15,18H,4-5,7-8H2,1H3,(H,16,17). The lowest BCUT2D eigenvalue weighted by atomic mass is 10.0. The summed E-state index contributed by atoms with van der Waals surface area (Å²) in [7, 11) is 0. The summed E-state index contributed by atoms with van der Waals surface area (Å²) in [6, 6.07) is 5.14. The number of rotatable bonds is 3. The molecular weight excluding hydrogens is 252 g/mol. The molecule has 18 heavy (non-hydrogen) atoms. The third-order valence-electron chi connectivity index (χ3n) is 3.23. The molecule has 3 N–H and O–H groups in total. The number of carbonyl (C=O) groups is 1. The minimum atomic E-state index is -0.823. The molecule has 0 aromatic heterocycles. The van der Waals surface area contributed by atoms with Gasteiger partial charge >= 0.3 is 0 Å². The van der Waals surface area contributed by atoms with E-state index in [1.807, 2.05) is 6.92 Å². The van der Waals surface area contributed by atoms with E-state index in [2.05, 4.69) is 10.6 Å². The summed E-state index contributed by atoms with van der Waals surface area (Å²) in [5, 5.41) is 16.6. The Morgan fingerprint density at radius 3 is 3.00 bits per heavy atom. The molecule has 1 aromatic rings. The summed E-state index contributed by atoms with van der Waals surface area (Å²) < 4.78 is 0. The average Bonchev–Trinajstić information content (AvgIpc) is 2.74. The largest absolute Gasteiger partial charge is 0.387 e. The third-order valence-corrected chi connectivity index (χ3v) is 3.47. The molecule has 4 nitrogen and oxygen atoms in total. The molecular formula is C13H17ClN2O2. The molecule has 1 fully saturated rings. The van der Waals surface area contributed by atoms with Crippen molar-refractivity contribution < 1.29 is 9.90 Å². The number of benzene rings is 1. The third kappa shape index (κ3) is 3.02. The SMILES string of the molecule is Cc1cc(Cl)ccc1C(=O)NCC1(O)CCNC1. The van der Waals surface area contributed by atoms with Crippen molar-refractivity contribution in [2.75, 3.05) is 19.6 Å². The zero-order valence-corrected chi connectivity index (χ0v) is 11.0. The number of β-amino-alcohol motifs (C(OH)–C–C–N with tert-alkyl or cyclic N) is 1. The van der Waals surface area contributed by atoms with Crippen LogP contribution in [0.5, 0.6) is 0 Å². The van der Waals surface area contributed by atoms with E-state index in [0.717, 1.165) is 12.1 Å². The van der Waals surface area contributed by atoms with E-state index in [9.17, 15) is 9.90 Å². The van der Waals surface area contributed by atoms with Crippen molar-refractivity contribution >= 4 is 17.5 Å². The average molecular weight is 269 g/mol. The normalized spacial score (nSPS) is 23.1. The molecule has 2 rings (SSSR count). The summed E-state index contributed by atoms with van der Waals surface area (Å²) in [6.07, 6.45) is 0.660. The first-order valence-corrected chi connectivity index (χ1v) is 6.35. The van der Waals surface area contributed by atoms with Gasteiger partial charge in [-0.2, -0.15) is 0 Å². The molecule has 0 bridgehead atoms. The topological polar surface area (TPSA) is 61.4 Å². The van der Waals surface area contributed by atoms with Gasteiger partial charge in [-0.15, -0.1) is 0 Å². The van der Waals surface area contributed by atoms with E-state index in [1.165, 1.54) is 0 Å². The van der Waals surface area contributed by atoms with Crippen molar-refractivity contribution in [3.63, 3.8) is 0 Å². The maximum Gasteiger partial charge on any atom is 0.251 e. The van der Waals surface area contributed by atoms with Crippen LogP contribution in [0.2, 0.25) is 5.02 Å². The van der Waals surface area contributed by atoms with Gasteiger partial charge in [-0.25, -0.2) is 0 Å². The number of aryl methyl sites for hydroxylation is 1. The molecule has 0 spiro atoms. The first kappa shape index (κ1) is 13.3. The molecule has 1 unspecified atom stereocenters. The first-order chi connectivity index (χ1) is 8.50. The smallest absolute Gasteiger partial charge is 0.251 e. The molecule has 1 aromatic carbocycles. The number of hydrogen-bond donors (Lipinski definition) is 3. The van der Waals surface area contributed by atoms with Crippen molar-refractivity contribution in [3.8, 4) is 0 Å². The number of nitrogens with one attached hydrogen (secondary N) is 2. The minimum Gasteiger partial charge on any atom is -0.387 e. The van der Waals surface area contributed by atoms with Crippen LogP contribution in [-0.2, 0) is 0 Å². The number of carbonyl (C=O) groups excluding carboxylic acids is 1. The summed E-state index contributed by atoms with van der Waals surface area (Å²) in [5.41, 5.74) is 0.598. The van der Waals surface area contributed by atoms with Crippen LogP contribution in [0, 0.1) is 6.92 Å². The van der Waals surface area contributed by atoms with Gasteiger partial charge in [0.15, 0.2) is 0 Å². The van der Waals surface area contributed by atoms with Gasteiger partial charge in [0.05, 0.1) is 5.60 Å². The second-order valence-corrected chi connectivity index (χ2v) is 5.23. The van der Waals surface area contributed by atoms with Gasteiger partial charge in [0.1, 0.15) is 0 Å². The number of amides is 1. The molecule has 98 valence electrons. The fraction of sp³-hybridized carbons (Fsp3) is 0.462. The molecule has 1 aliphatic rings.